The number of benzene rings is 1. The molecule has 0 spiro atoms. The summed E-state index contributed by atoms with van der Waals surface area (Å²) in [6, 6.07) is 5.96. The van der Waals surface area contributed by atoms with Crippen molar-refractivity contribution in [3.8, 4) is 11.5 Å². The number of imidazole rings is 1. The first kappa shape index (κ1) is 14.4. The lowest BCUT2D eigenvalue weighted by Gasteiger charge is -2.20. The molecule has 5 nitrogen and oxygen atoms in total. The number of hydrogen-bond acceptors (Lipinski definition) is 4. The Kier molecular flexibility index (Phi) is 4.63. The fraction of sp³-hybridized carbons (Fsp3) is 0.400. The SMILES string of the molecule is CCNC(c1cc(OC)cc(OC)c1)c1cncn1C. The fourth-order valence-corrected chi connectivity index (χ4v) is 2.24. The number of hydrogen-bond donors (Lipinski definition) is 1. The molecule has 0 saturated carbocycles. The Morgan fingerprint density at radius 1 is 1.20 bits per heavy atom. The van der Waals surface area contributed by atoms with Crippen molar-refractivity contribution in [3.63, 3.8) is 0 Å². The quantitative estimate of drug-likeness (QED) is 0.877. The van der Waals surface area contributed by atoms with Crippen molar-refractivity contribution in [1.82, 2.24) is 14.9 Å². The molecule has 0 aliphatic carbocycles. The summed E-state index contributed by atoms with van der Waals surface area (Å²) in [6.07, 6.45) is 3.68. The van der Waals surface area contributed by atoms with E-state index in [1.165, 1.54) is 0 Å². The highest BCUT2D eigenvalue weighted by Gasteiger charge is 2.18. The van der Waals surface area contributed by atoms with Gasteiger partial charge in [0.1, 0.15) is 11.5 Å². The summed E-state index contributed by atoms with van der Waals surface area (Å²) in [5.74, 6) is 1.56. The fourth-order valence-electron chi connectivity index (χ4n) is 2.24. The first-order chi connectivity index (χ1) is 9.69. The van der Waals surface area contributed by atoms with Gasteiger partial charge in [-0.05, 0) is 24.2 Å². The van der Waals surface area contributed by atoms with Gasteiger partial charge in [-0.1, -0.05) is 6.92 Å². The molecule has 1 aromatic heterocycles. The van der Waals surface area contributed by atoms with E-state index in [-0.39, 0.29) is 6.04 Å². The van der Waals surface area contributed by atoms with Crippen LogP contribution in [0.2, 0.25) is 0 Å². The summed E-state index contributed by atoms with van der Waals surface area (Å²) in [6.45, 7) is 2.94. The predicted molar refractivity (Wildman–Crippen MR) is 78.3 cm³/mol. The molecule has 1 unspecified atom stereocenters. The predicted octanol–water partition coefficient (Wildman–Crippen LogP) is 2.14. The van der Waals surface area contributed by atoms with Gasteiger partial charge in [0.25, 0.3) is 0 Å². The van der Waals surface area contributed by atoms with Crippen molar-refractivity contribution in [2.24, 2.45) is 7.05 Å². The van der Waals surface area contributed by atoms with E-state index in [2.05, 4.69) is 17.2 Å². The molecule has 5 heteroatoms. The molecule has 2 aromatic rings. The minimum Gasteiger partial charge on any atom is -0.497 e. The molecule has 0 fully saturated rings. The molecule has 0 aliphatic heterocycles. The van der Waals surface area contributed by atoms with Crippen LogP contribution in [-0.2, 0) is 7.05 Å². The van der Waals surface area contributed by atoms with Crippen LogP contribution >= 0.6 is 0 Å². The van der Waals surface area contributed by atoms with E-state index in [0.29, 0.717) is 0 Å². The Hall–Kier alpha value is -2.01. The van der Waals surface area contributed by atoms with Crippen LogP contribution in [0.3, 0.4) is 0 Å². The third-order valence-electron chi connectivity index (χ3n) is 3.27. The van der Waals surface area contributed by atoms with Gasteiger partial charge in [-0.2, -0.15) is 0 Å². The minimum atomic E-state index is 0.0523. The number of rotatable bonds is 6. The second-order valence-electron chi connectivity index (χ2n) is 4.57. The largest absolute Gasteiger partial charge is 0.497 e. The number of aromatic nitrogens is 2. The minimum absolute atomic E-state index is 0.0523. The van der Waals surface area contributed by atoms with E-state index in [9.17, 15) is 0 Å². The van der Waals surface area contributed by atoms with Crippen molar-refractivity contribution in [3.05, 3.63) is 42.0 Å². The third-order valence-corrected chi connectivity index (χ3v) is 3.27. The summed E-state index contributed by atoms with van der Waals surface area (Å²) in [5, 5.41) is 3.47. The monoisotopic (exact) mass is 275 g/mol. The summed E-state index contributed by atoms with van der Waals surface area (Å²) in [4.78, 5) is 4.20. The number of aryl methyl sites for hydroxylation is 1. The Bertz CT molecular complexity index is 544. The molecule has 0 saturated heterocycles. The van der Waals surface area contributed by atoms with Crippen LogP contribution in [-0.4, -0.2) is 30.3 Å². The Balaban J connectivity index is 2.46. The zero-order valence-corrected chi connectivity index (χ0v) is 12.4. The zero-order valence-electron chi connectivity index (χ0n) is 12.4. The van der Waals surface area contributed by atoms with Crippen LogP contribution in [0, 0.1) is 0 Å². The highest BCUT2D eigenvalue weighted by molar-refractivity contribution is 5.42. The normalized spacial score (nSPS) is 12.2. The molecule has 1 N–H and O–H groups in total. The van der Waals surface area contributed by atoms with Crippen molar-refractivity contribution in [2.75, 3.05) is 20.8 Å². The smallest absolute Gasteiger partial charge is 0.122 e. The first-order valence-corrected chi connectivity index (χ1v) is 6.62. The van der Waals surface area contributed by atoms with Gasteiger partial charge in [0.05, 0.1) is 38.5 Å². The topological polar surface area (TPSA) is 48.3 Å². The summed E-state index contributed by atoms with van der Waals surface area (Å²) in [7, 11) is 5.31. The maximum Gasteiger partial charge on any atom is 0.122 e. The van der Waals surface area contributed by atoms with Gasteiger partial charge < -0.3 is 19.4 Å². The summed E-state index contributed by atoms with van der Waals surface area (Å²) >= 11 is 0. The highest BCUT2D eigenvalue weighted by Crippen LogP contribution is 2.29. The average molecular weight is 275 g/mol. The molecule has 1 atom stereocenters. The molecular formula is C15H21N3O2. The maximum absolute atomic E-state index is 5.34. The van der Waals surface area contributed by atoms with E-state index in [0.717, 1.165) is 29.3 Å². The molecule has 1 aromatic carbocycles. The van der Waals surface area contributed by atoms with Gasteiger partial charge in [0, 0.05) is 13.1 Å². The van der Waals surface area contributed by atoms with Gasteiger partial charge >= 0.3 is 0 Å². The summed E-state index contributed by atoms with van der Waals surface area (Å²) < 4.78 is 12.7. The molecular weight excluding hydrogens is 254 g/mol. The average Bonchev–Trinajstić information content (AvgIpc) is 2.90. The van der Waals surface area contributed by atoms with Gasteiger partial charge in [-0.3, -0.25) is 0 Å². The molecule has 0 bridgehead atoms. The van der Waals surface area contributed by atoms with E-state index < -0.39 is 0 Å². The van der Waals surface area contributed by atoms with E-state index in [1.54, 1.807) is 20.5 Å². The number of ether oxygens (including phenoxy) is 2. The van der Waals surface area contributed by atoms with Gasteiger partial charge in [0.15, 0.2) is 0 Å². The van der Waals surface area contributed by atoms with E-state index >= 15 is 0 Å². The molecule has 108 valence electrons. The lowest BCUT2D eigenvalue weighted by Crippen LogP contribution is -2.24. The number of methoxy groups -OCH3 is 2. The Labute approximate surface area is 119 Å². The molecule has 2 rings (SSSR count). The molecule has 20 heavy (non-hydrogen) atoms. The van der Waals surface area contributed by atoms with Crippen LogP contribution in [0.1, 0.15) is 24.2 Å². The first-order valence-electron chi connectivity index (χ1n) is 6.62. The Morgan fingerprint density at radius 3 is 2.30 bits per heavy atom. The van der Waals surface area contributed by atoms with E-state index in [1.807, 2.05) is 36.0 Å². The maximum atomic E-state index is 5.34. The lowest BCUT2D eigenvalue weighted by molar-refractivity contribution is 0.392. The van der Waals surface area contributed by atoms with Gasteiger partial charge in [0.2, 0.25) is 0 Å². The molecule has 0 radical (unpaired) electrons. The number of nitrogens with zero attached hydrogens (tertiary/aromatic N) is 2. The molecule has 0 aliphatic rings. The van der Waals surface area contributed by atoms with Crippen molar-refractivity contribution in [1.29, 1.82) is 0 Å². The van der Waals surface area contributed by atoms with Gasteiger partial charge in [-0.15, -0.1) is 0 Å². The molecule has 1 heterocycles. The van der Waals surface area contributed by atoms with Crippen molar-refractivity contribution in [2.45, 2.75) is 13.0 Å². The Morgan fingerprint density at radius 2 is 1.85 bits per heavy atom. The van der Waals surface area contributed by atoms with Gasteiger partial charge in [-0.25, -0.2) is 4.98 Å². The summed E-state index contributed by atoms with van der Waals surface area (Å²) in [5.41, 5.74) is 2.19. The standard InChI is InChI=1S/C15H21N3O2/c1-5-17-15(14-9-16-10-18(14)2)11-6-12(19-3)8-13(7-11)20-4/h6-10,15,17H,5H2,1-4H3. The van der Waals surface area contributed by atoms with Crippen LogP contribution in [0.5, 0.6) is 11.5 Å². The third kappa shape index (κ3) is 2.93. The second-order valence-corrected chi connectivity index (χ2v) is 4.57. The van der Waals surface area contributed by atoms with Crippen LogP contribution in [0.25, 0.3) is 0 Å². The second kappa shape index (κ2) is 6.43. The van der Waals surface area contributed by atoms with Crippen molar-refractivity contribution >= 4 is 0 Å². The lowest BCUT2D eigenvalue weighted by atomic mass is 10.0. The number of nitrogens with one attached hydrogen (secondary N) is 1. The van der Waals surface area contributed by atoms with E-state index in [4.69, 9.17) is 9.47 Å². The van der Waals surface area contributed by atoms with Crippen LogP contribution in [0.15, 0.2) is 30.7 Å². The van der Waals surface area contributed by atoms with Crippen LogP contribution < -0.4 is 14.8 Å². The molecule has 0 amide bonds. The van der Waals surface area contributed by atoms with Crippen LogP contribution in [0.4, 0.5) is 0 Å². The zero-order chi connectivity index (χ0) is 14.5. The highest BCUT2D eigenvalue weighted by atomic mass is 16.5. The van der Waals surface area contributed by atoms with Crippen molar-refractivity contribution < 1.29 is 9.47 Å².